The van der Waals surface area contributed by atoms with E-state index in [1.54, 1.807) is 0 Å². The van der Waals surface area contributed by atoms with E-state index in [2.05, 4.69) is 10.6 Å². The van der Waals surface area contributed by atoms with Crippen molar-refractivity contribution in [1.29, 1.82) is 0 Å². The second-order valence-corrected chi connectivity index (χ2v) is 5.25. The topological polar surface area (TPSA) is 113 Å². The maximum atomic E-state index is 11.4. The van der Waals surface area contributed by atoms with Crippen LogP contribution >= 0.6 is 0 Å². The lowest BCUT2D eigenvalue weighted by Crippen LogP contribution is -2.30. The van der Waals surface area contributed by atoms with Crippen LogP contribution in [0, 0.1) is 0 Å². The first kappa shape index (κ1) is 15.1. The molecule has 1 aromatic carbocycles. The van der Waals surface area contributed by atoms with Gasteiger partial charge < -0.3 is 10.6 Å². The van der Waals surface area contributed by atoms with Gasteiger partial charge in [-0.15, -0.1) is 0 Å². The molecule has 0 spiro atoms. The number of Topliss-reactive ketones (excluding diaryl/α,β-unsaturated/α-hetero) is 1. The van der Waals surface area contributed by atoms with E-state index in [0.29, 0.717) is 5.69 Å². The highest BCUT2D eigenvalue weighted by Crippen LogP contribution is 2.13. The summed E-state index contributed by atoms with van der Waals surface area (Å²) < 4.78 is 30.4. The lowest BCUT2D eigenvalue weighted by molar-refractivity contribution is -0.116. The third kappa shape index (κ3) is 5.49. The number of rotatable bonds is 5. The molecule has 0 aromatic heterocycles. The number of carbonyl (C=O) groups excluding carboxylic acids is 2. The van der Waals surface area contributed by atoms with E-state index in [1.807, 2.05) is 0 Å². The number of hydrogen-bond acceptors (Lipinski definition) is 4. The van der Waals surface area contributed by atoms with Crippen molar-refractivity contribution in [3.63, 3.8) is 0 Å². The fraction of sp³-hybridized carbons (Fsp3) is 0.273. The number of nitrogens with one attached hydrogen (secondary N) is 2. The van der Waals surface area contributed by atoms with Crippen molar-refractivity contribution in [3.8, 4) is 0 Å². The summed E-state index contributed by atoms with van der Waals surface area (Å²) in [6.45, 7) is 1.65. The van der Waals surface area contributed by atoms with Gasteiger partial charge in [0.2, 0.25) is 0 Å². The van der Waals surface area contributed by atoms with Gasteiger partial charge in [0.15, 0.2) is 0 Å². The molecule has 3 N–H and O–H groups in total. The predicted molar refractivity (Wildman–Crippen MR) is 68.6 cm³/mol. The Morgan fingerprint density at radius 3 is 2.26 bits per heavy atom. The molecule has 0 heterocycles. The molecule has 0 radical (unpaired) electrons. The Balaban J connectivity index is 2.54. The van der Waals surface area contributed by atoms with Gasteiger partial charge in [0, 0.05) is 18.7 Å². The summed E-state index contributed by atoms with van der Waals surface area (Å²) in [5, 5.41) is 4.93. The fourth-order valence-electron chi connectivity index (χ4n) is 1.24. The molecule has 0 aliphatic heterocycles. The molecule has 104 valence electrons. The highest BCUT2D eigenvalue weighted by molar-refractivity contribution is 7.85. The van der Waals surface area contributed by atoms with Crippen molar-refractivity contribution >= 4 is 27.6 Å². The lowest BCUT2D eigenvalue weighted by atomic mass is 10.3. The minimum Gasteiger partial charge on any atom is -0.337 e. The molecule has 0 bridgehead atoms. The summed E-state index contributed by atoms with van der Waals surface area (Å²) in [5.74, 6) is -0.0298. The van der Waals surface area contributed by atoms with E-state index in [1.165, 1.54) is 31.2 Å². The number of urea groups is 1. The third-order valence-electron chi connectivity index (χ3n) is 2.17. The van der Waals surface area contributed by atoms with Crippen molar-refractivity contribution in [2.24, 2.45) is 0 Å². The molecule has 8 heteroatoms. The molecule has 0 saturated heterocycles. The van der Waals surface area contributed by atoms with E-state index >= 15 is 0 Å². The summed E-state index contributed by atoms with van der Waals surface area (Å²) in [4.78, 5) is 21.8. The standard InChI is InChI=1S/C11H14N2O5S/c1-8(14)6-7-12-11(15)13-9-2-4-10(5-3-9)19(16,17)18/h2-5H,6-7H2,1H3,(H2,12,13,15)(H,16,17,18). The van der Waals surface area contributed by atoms with Gasteiger partial charge in [0.25, 0.3) is 10.1 Å². The third-order valence-corrected chi connectivity index (χ3v) is 3.04. The van der Waals surface area contributed by atoms with Crippen molar-refractivity contribution in [2.75, 3.05) is 11.9 Å². The van der Waals surface area contributed by atoms with Gasteiger partial charge in [-0.1, -0.05) is 0 Å². The number of amides is 2. The first-order chi connectivity index (χ1) is 8.79. The Morgan fingerprint density at radius 2 is 1.79 bits per heavy atom. The van der Waals surface area contributed by atoms with Crippen LogP contribution in [-0.4, -0.2) is 31.3 Å². The minimum atomic E-state index is -4.24. The van der Waals surface area contributed by atoms with Gasteiger partial charge in [-0.25, -0.2) is 4.79 Å². The van der Waals surface area contributed by atoms with Crippen molar-refractivity contribution in [1.82, 2.24) is 5.32 Å². The van der Waals surface area contributed by atoms with Gasteiger partial charge in [-0.2, -0.15) is 8.42 Å². The number of hydrogen-bond donors (Lipinski definition) is 3. The zero-order chi connectivity index (χ0) is 14.5. The molecule has 19 heavy (non-hydrogen) atoms. The van der Waals surface area contributed by atoms with E-state index in [-0.39, 0.29) is 23.6 Å². The number of ketones is 1. The number of anilines is 1. The van der Waals surface area contributed by atoms with Crippen LogP contribution < -0.4 is 10.6 Å². The molecular weight excluding hydrogens is 272 g/mol. The summed E-state index contributed by atoms with van der Waals surface area (Å²) in [6.07, 6.45) is 0.245. The zero-order valence-corrected chi connectivity index (χ0v) is 11.0. The molecule has 0 unspecified atom stereocenters. The van der Waals surface area contributed by atoms with E-state index in [0.717, 1.165) is 0 Å². The van der Waals surface area contributed by atoms with Gasteiger partial charge >= 0.3 is 6.03 Å². The summed E-state index contributed by atoms with van der Waals surface area (Å²) >= 11 is 0. The van der Waals surface area contributed by atoms with Gasteiger partial charge in [0.1, 0.15) is 5.78 Å². The molecule has 1 rings (SSSR count). The second kappa shape index (κ2) is 6.30. The Hall–Kier alpha value is -1.93. The highest BCUT2D eigenvalue weighted by Gasteiger charge is 2.09. The summed E-state index contributed by atoms with van der Waals surface area (Å²) in [6, 6.07) is 4.52. The van der Waals surface area contributed by atoms with Gasteiger partial charge in [0.05, 0.1) is 4.90 Å². The van der Waals surface area contributed by atoms with E-state index in [9.17, 15) is 18.0 Å². The highest BCUT2D eigenvalue weighted by atomic mass is 32.2. The monoisotopic (exact) mass is 286 g/mol. The first-order valence-electron chi connectivity index (χ1n) is 5.41. The molecule has 1 aromatic rings. The van der Waals surface area contributed by atoms with Crippen molar-refractivity contribution in [2.45, 2.75) is 18.2 Å². The molecule has 0 saturated carbocycles. The fourth-order valence-corrected chi connectivity index (χ4v) is 1.72. The molecule has 7 nitrogen and oxygen atoms in total. The maximum absolute atomic E-state index is 11.4. The van der Waals surface area contributed by atoms with Crippen molar-refractivity contribution in [3.05, 3.63) is 24.3 Å². The van der Waals surface area contributed by atoms with Gasteiger partial charge in [-0.05, 0) is 31.2 Å². The second-order valence-electron chi connectivity index (χ2n) is 3.83. The smallest absolute Gasteiger partial charge is 0.319 e. The SMILES string of the molecule is CC(=O)CCNC(=O)Nc1ccc(S(=O)(=O)O)cc1. The molecule has 2 amide bonds. The molecule has 0 aliphatic rings. The molecule has 0 atom stereocenters. The van der Waals surface area contributed by atoms with E-state index in [4.69, 9.17) is 4.55 Å². The average Bonchev–Trinajstić information content (AvgIpc) is 2.27. The maximum Gasteiger partial charge on any atom is 0.319 e. The van der Waals surface area contributed by atoms with Crippen molar-refractivity contribution < 1.29 is 22.6 Å². The van der Waals surface area contributed by atoms with Crippen LogP contribution in [0.4, 0.5) is 10.5 Å². The normalized spacial score (nSPS) is 10.8. The molecule has 0 aliphatic carbocycles. The Labute approximate surface area is 110 Å². The predicted octanol–water partition coefficient (Wildman–Crippen LogP) is 1.03. The van der Waals surface area contributed by atoms with Crippen LogP contribution in [0.2, 0.25) is 0 Å². The minimum absolute atomic E-state index is 0.0298. The van der Waals surface area contributed by atoms with E-state index < -0.39 is 16.1 Å². The van der Waals surface area contributed by atoms with Gasteiger partial charge in [-0.3, -0.25) is 9.35 Å². The molecular formula is C11H14N2O5S. The van der Waals surface area contributed by atoms with Crippen LogP contribution in [0.5, 0.6) is 0 Å². The van der Waals surface area contributed by atoms with Crippen LogP contribution in [0.1, 0.15) is 13.3 Å². The quantitative estimate of drug-likeness (QED) is 0.700. The number of benzene rings is 1. The zero-order valence-electron chi connectivity index (χ0n) is 10.2. The Morgan fingerprint density at radius 1 is 1.21 bits per heavy atom. The summed E-state index contributed by atoms with van der Waals surface area (Å²) in [7, 11) is -4.24. The van der Waals surface area contributed by atoms with Crippen LogP contribution in [-0.2, 0) is 14.9 Å². The molecule has 0 fully saturated rings. The lowest BCUT2D eigenvalue weighted by Gasteiger charge is -2.07. The largest absolute Gasteiger partial charge is 0.337 e. The average molecular weight is 286 g/mol. The Kier molecular flexibility index (Phi) is 5.02. The first-order valence-corrected chi connectivity index (χ1v) is 6.85. The Bertz CT molecular complexity index is 565. The summed E-state index contributed by atoms with van der Waals surface area (Å²) in [5.41, 5.74) is 0.368. The van der Waals surface area contributed by atoms with Crippen LogP contribution in [0.25, 0.3) is 0 Å². The van der Waals surface area contributed by atoms with Crippen LogP contribution in [0.15, 0.2) is 29.2 Å². The van der Waals surface area contributed by atoms with Crippen LogP contribution in [0.3, 0.4) is 0 Å². The number of carbonyl (C=O) groups is 2.